The van der Waals surface area contributed by atoms with Crippen LogP contribution in [-0.4, -0.2) is 18.2 Å². The summed E-state index contributed by atoms with van der Waals surface area (Å²) >= 11 is 0. The summed E-state index contributed by atoms with van der Waals surface area (Å²) in [6.07, 6.45) is 0. The van der Waals surface area contributed by atoms with Crippen molar-refractivity contribution in [2.75, 3.05) is 5.73 Å². The van der Waals surface area contributed by atoms with Crippen molar-refractivity contribution in [3.05, 3.63) is 29.6 Å². The molecule has 2 rings (SSSR count). The number of ether oxygens (including phenoxy) is 1. The minimum atomic E-state index is -3.83. The van der Waals surface area contributed by atoms with Crippen LogP contribution in [0.2, 0.25) is 0 Å². The van der Waals surface area contributed by atoms with E-state index in [0.29, 0.717) is 11.5 Å². The first-order valence-corrected chi connectivity index (χ1v) is 7.35. The average molecular weight is 296 g/mol. The Morgan fingerprint density at radius 2 is 1.95 bits per heavy atom. The first-order valence-electron chi connectivity index (χ1n) is 5.80. The van der Waals surface area contributed by atoms with E-state index in [-0.39, 0.29) is 10.6 Å². The fraction of sp³-hybridized carbons (Fsp3) is 0.250. The average Bonchev–Trinajstić information content (AvgIpc) is 2.54. The molecule has 0 saturated heterocycles. The predicted molar refractivity (Wildman–Crippen MR) is 75.0 cm³/mol. The minimum Gasteiger partial charge on any atom is -0.453 e. The van der Waals surface area contributed by atoms with Gasteiger partial charge in [0, 0.05) is 13.1 Å². The highest BCUT2D eigenvalue weighted by Gasteiger charge is 2.15. The van der Waals surface area contributed by atoms with E-state index in [4.69, 9.17) is 15.6 Å². The summed E-state index contributed by atoms with van der Waals surface area (Å²) in [5.41, 5.74) is 7.32. The van der Waals surface area contributed by atoms with Crippen LogP contribution in [0.15, 0.2) is 23.1 Å². The van der Waals surface area contributed by atoms with Crippen molar-refractivity contribution in [3.8, 4) is 11.5 Å². The van der Waals surface area contributed by atoms with Crippen LogP contribution >= 0.6 is 0 Å². The fourth-order valence-corrected chi connectivity index (χ4v) is 2.51. The zero-order chi connectivity index (χ0) is 15.1. The van der Waals surface area contributed by atoms with E-state index in [9.17, 15) is 8.42 Å². The van der Waals surface area contributed by atoms with Crippen molar-refractivity contribution in [1.82, 2.24) is 9.78 Å². The fourth-order valence-electron chi connectivity index (χ4n) is 1.87. The molecule has 0 bridgehead atoms. The third-order valence-electron chi connectivity index (χ3n) is 2.95. The Kier molecular flexibility index (Phi) is 3.45. The number of nitrogens with zero attached hydrogens (tertiary/aromatic N) is 2. The van der Waals surface area contributed by atoms with E-state index in [1.807, 2.05) is 20.9 Å². The van der Waals surface area contributed by atoms with Crippen molar-refractivity contribution in [2.45, 2.75) is 18.7 Å². The Morgan fingerprint density at radius 3 is 2.40 bits per heavy atom. The van der Waals surface area contributed by atoms with Gasteiger partial charge in [-0.05, 0) is 26.0 Å². The lowest BCUT2D eigenvalue weighted by atomic mass is 10.3. The Hall–Kier alpha value is -2.06. The van der Waals surface area contributed by atoms with Crippen LogP contribution in [0.4, 0.5) is 5.69 Å². The van der Waals surface area contributed by atoms with Gasteiger partial charge in [-0.2, -0.15) is 5.10 Å². The van der Waals surface area contributed by atoms with Gasteiger partial charge < -0.3 is 10.5 Å². The monoisotopic (exact) mass is 296 g/mol. The second-order valence-electron chi connectivity index (χ2n) is 4.47. The van der Waals surface area contributed by atoms with E-state index in [1.54, 1.807) is 4.68 Å². The molecule has 7 nitrogen and oxygen atoms in total. The molecule has 1 aromatic carbocycles. The summed E-state index contributed by atoms with van der Waals surface area (Å²) < 4.78 is 30.0. The Morgan fingerprint density at radius 1 is 1.30 bits per heavy atom. The van der Waals surface area contributed by atoms with Gasteiger partial charge >= 0.3 is 0 Å². The minimum absolute atomic E-state index is 0.0456. The van der Waals surface area contributed by atoms with Crippen LogP contribution in [0, 0.1) is 13.8 Å². The van der Waals surface area contributed by atoms with Crippen molar-refractivity contribution in [1.29, 1.82) is 0 Å². The Labute approximate surface area is 117 Å². The molecule has 0 fully saturated rings. The zero-order valence-corrected chi connectivity index (χ0v) is 12.2. The van der Waals surface area contributed by atoms with Crippen molar-refractivity contribution in [2.24, 2.45) is 12.2 Å². The summed E-state index contributed by atoms with van der Waals surface area (Å²) in [4.78, 5) is -0.121. The summed E-state index contributed by atoms with van der Waals surface area (Å²) in [7, 11) is -2.02. The zero-order valence-electron chi connectivity index (χ0n) is 11.4. The van der Waals surface area contributed by atoms with Crippen LogP contribution in [-0.2, 0) is 17.1 Å². The van der Waals surface area contributed by atoms with Crippen LogP contribution in [0.25, 0.3) is 0 Å². The molecule has 8 heteroatoms. The first kappa shape index (κ1) is 14.4. The van der Waals surface area contributed by atoms with Gasteiger partial charge in [0.1, 0.15) is 16.3 Å². The Balaban J connectivity index is 2.39. The molecule has 0 aliphatic heterocycles. The molecule has 0 saturated carbocycles. The molecule has 0 aliphatic rings. The maximum Gasteiger partial charge on any atom is 0.240 e. The van der Waals surface area contributed by atoms with Crippen molar-refractivity contribution >= 4 is 15.7 Å². The molecule has 4 N–H and O–H groups in total. The number of rotatable bonds is 3. The topological polar surface area (TPSA) is 113 Å². The number of aryl methyl sites for hydroxylation is 2. The van der Waals surface area contributed by atoms with Crippen LogP contribution < -0.4 is 15.6 Å². The highest BCUT2D eigenvalue weighted by molar-refractivity contribution is 7.89. The summed E-state index contributed by atoms with van der Waals surface area (Å²) in [6, 6.07) is 4.24. The van der Waals surface area contributed by atoms with Crippen LogP contribution in [0.1, 0.15) is 11.4 Å². The molecule has 1 aromatic heterocycles. The molecule has 0 unspecified atom stereocenters. The van der Waals surface area contributed by atoms with Gasteiger partial charge in [0.25, 0.3) is 0 Å². The summed E-state index contributed by atoms with van der Waals surface area (Å²) in [5, 5.41) is 9.28. The molecule has 108 valence electrons. The number of nitrogens with two attached hydrogens (primary N) is 2. The van der Waals surface area contributed by atoms with E-state index in [2.05, 4.69) is 5.10 Å². The van der Waals surface area contributed by atoms with E-state index in [1.165, 1.54) is 18.2 Å². The molecule has 20 heavy (non-hydrogen) atoms. The summed E-state index contributed by atoms with van der Waals surface area (Å²) in [5.74, 6) is 1.05. The Bertz CT molecular complexity index is 765. The smallest absolute Gasteiger partial charge is 0.240 e. The van der Waals surface area contributed by atoms with Gasteiger partial charge in [-0.25, -0.2) is 13.6 Å². The number of sulfonamides is 1. The van der Waals surface area contributed by atoms with E-state index in [0.717, 1.165) is 11.4 Å². The van der Waals surface area contributed by atoms with Gasteiger partial charge in [0.15, 0.2) is 5.75 Å². The van der Waals surface area contributed by atoms with Crippen molar-refractivity contribution < 1.29 is 13.2 Å². The van der Waals surface area contributed by atoms with Crippen LogP contribution in [0.5, 0.6) is 11.5 Å². The molecule has 0 aliphatic carbocycles. The maximum absolute atomic E-state index is 11.3. The second-order valence-corrected chi connectivity index (χ2v) is 6.00. The quantitative estimate of drug-likeness (QED) is 0.822. The van der Waals surface area contributed by atoms with Gasteiger partial charge in [-0.1, -0.05) is 0 Å². The highest BCUT2D eigenvalue weighted by atomic mass is 32.2. The van der Waals surface area contributed by atoms with Gasteiger partial charge in [0.05, 0.1) is 11.4 Å². The molecule has 0 spiro atoms. The van der Waals surface area contributed by atoms with Gasteiger partial charge in [0.2, 0.25) is 10.0 Å². The largest absolute Gasteiger partial charge is 0.453 e. The molecule has 0 amide bonds. The summed E-state index contributed by atoms with van der Waals surface area (Å²) in [6.45, 7) is 3.70. The maximum atomic E-state index is 11.3. The molecular weight excluding hydrogens is 280 g/mol. The number of hydrogen-bond donors (Lipinski definition) is 2. The number of hydrogen-bond acceptors (Lipinski definition) is 5. The normalized spacial score (nSPS) is 11.6. The highest BCUT2D eigenvalue weighted by Crippen LogP contribution is 2.30. The van der Waals surface area contributed by atoms with E-state index >= 15 is 0 Å². The third-order valence-corrected chi connectivity index (χ3v) is 3.94. The molecular formula is C12H16N4O3S. The number of nitrogen functional groups attached to an aromatic ring is 1. The SMILES string of the molecule is Cc1nn(C)c(C)c1Oc1ccc(S(N)(=O)=O)c(N)c1. The van der Waals surface area contributed by atoms with Gasteiger partial charge in [-0.15, -0.1) is 0 Å². The standard InChI is InChI=1S/C12H16N4O3S/c1-7-12(8(2)16(3)15-7)19-9-4-5-11(10(13)6-9)20(14,17)18/h4-6H,13H2,1-3H3,(H2,14,17,18). The lowest BCUT2D eigenvalue weighted by Crippen LogP contribution is -2.14. The number of benzene rings is 1. The van der Waals surface area contributed by atoms with Gasteiger partial charge in [-0.3, -0.25) is 4.68 Å². The van der Waals surface area contributed by atoms with E-state index < -0.39 is 10.0 Å². The van der Waals surface area contributed by atoms with Crippen LogP contribution in [0.3, 0.4) is 0 Å². The van der Waals surface area contributed by atoms with Crippen molar-refractivity contribution in [3.63, 3.8) is 0 Å². The molecule has 0 radical (unpaired) electrons. The lowest BCUT2D eigenvalue weighted by Gasteiger charge is -2.09. The number of aromatic nitrogens is 2. The molecule has 0 atom stereocenters. The number of anilines is 1. The predicted octanol–water partition coefficient (Wildman–Crippen LogP) is 1.06. The lowest BCUT2D eigenvalue weighted by molar-refractivity contribution is 0.474. The second kappa shape index (κ2) is 4.80. The molecule has 2 aromatic rings. The molecule has 1 heterocycles. The number of primary sulfonamides is 1. The third kappa shape index (κ3) is 2.61. The first-order chi connectivity index (χ1) is 9.20.